The first-order chi connectivity index (χ1) is 5.20. The molecular formula is C6H7NO3S. The van der Waals surface area contributed by atoms with Gasteiger partial charge in [0.05, 0.1) is 12.8 Å². The number of hydrogen-bond donors (Lipinski definition) is 1. The van der Waals surface area contributed by atoms with Gasteiger partial charge in [0.1, 0.15) is 5.57 Å². The van der Waals surface area contributed by atoms with Crippen molar-refractivity contribution >= 4 is 23.6 Å². The number of rotatable bonds is 1. The van der Waals surface area contributed by atoms with Crippen molar-refractivity contribution < 1.29 is 14.7 Å². The molecule has 1 amide bonds. The molecule has 1 aliphatic heterocycles. The van der Waals surface area contributed by atoms with Gasteiger partial charge in [0.25, 0.3) is 5.91 Å². The van der Waals surface area contributed by atoms with E-state index in [0.717, 1.165) is 0 Å². The van der Waals surface area contributed by atoms with Crippen LogP contribution < -0.4 is 0 Å². The second-order valence-electron chi connectivity index (χ2n) is 1.99. The number of nitrogens with zero attached hydrogens (tertiary/aromatic N) is 1. The molecule has 0 atom stereocenters. The van der Waals surface area contributed by atoms with Crippen LogP contribution in [0.2, 0.25) is 0 Å². The van der Waals surface area contributed by atoms with Crippen LogP contribution in [0.1, 0.15) is 0 Å². The summed E-state index contributed by atoms with van der Waals surface area (Å²) in [6.07, 6.45) is 2.27. The van der Waals surface area contributed by atoms with E-state index in [2.05, 4.69) is 0 Å². The second-order valence-corrected chi connectivity index (χ2v) is 2.80. The van der Waals surface area contributed by atoms with Gasteiger partial charge in [-0.25, -0.2) is 0 Å². The summed E-state index contributed by atoms with van der Waals surface area (Å²) in [6.45, 7) is 0.0619. The summed E-state index contributed by atoms with van der Waals surface area (Å²) >= 11 is 1.17. The van der Waals surface area contributed by atoms with E-state index in [1.807, 2.05) is 0 Å². The molecular weight excluding hydrogens is 166 g/mol. The van der Waals surface area contributed by atoms with Gasteiger partial charge in [-0.05, 0) is 0 Å². The average Bonchev–Trinajstić information content (AvgIpc) is 2.26. The minimum Gasteiger partial charge on any atom is -0.515 e. The molecule has 0 aromatic carbocycles. The molecule has 0 radical (unpaired) electrons. The van der Waals surface area contributed by atoms with E-state index in [1.54, 1.807) is 6.26 Å². The third kappa shape index (κ3) is 1.23. The number of amides is 1. The molecule has 0 aromatic heterocycles. The minimum atomic E-state index is -0.412. The van der Waals surface area contributed by atoms with Crippen LogP contribution in [0.3, 0.4) is 0 Å². The molecule has 11 heavy (non-hydrogen) atoms. The highest BCUT2D eigenvalue weighted by molar-refractivity contribution is 7.96. The minimum absolute atomic E-state index is 0.0619. The van der Waals surface area contributed by atoms with Crippen LogP contribution in [0.5, 0.6) is 0 Å². The summed E-state index contributed by atoms with van der Waals surface area (Å²) in [6, 6.07) is 0. The molecule has 4 nitrogen and oxygen atoms in total. The first-order valence-corrected chi connectivity index (χ1v) is 4.12. The van der Waals surface area contributed by atoms with Crippen LogP contribution in [-0.2, 0) is 9.59 Å². The van der Waals surface area contributed by atoms with Gasteiger partial charge in [-0.2, -0.15) is 0 Å². The Bertz CT molecular complexity index is 236. The number of carbonyl (C=O) groups is 2. The first-order valence-electron chi connectivity index (χ1n) is 2.94. The highest BCUT2D eigenvalue weighted by Crippen LogP contribution is 2.18. The Hall–Kier alpha value is -0.970. The maximum Gasteiger partial charge on any atom is 0.270 e. The molecule has 1 rings (SSSR count). The van der Waals surface area contributed by atoms with E-state index in [9.17, 15) is 9.59 Å². The highest BCUT2D eigenvalue weighted by Gasteiger charge is 2.33. The Kier molecular flexibility index (Phi) is 2.19. The topological polar surface area (TPSA) is 57.6 Å². The van der Waals surface area contributed by atoms with Gasteiger partial charge in [-0.3, -0.25) is 13.9 Å². The molecule has 0 unspecified atom stereocenters. The molecule has 0 aliphatic carbocycles. The van der Waals surface area contributed by atoms with E-state index in [0.29, 0.717) is 6.26 Å². The summed E-state index contributed by atoms with van der Waals surface area (Å²) in [4.78, 5) is 21.9. The molecule has 1 N–H and O–H groups in total. The van der Waals surface area contributed by atoms with Gasteiger partial charge >= 0.3 is 0 Å². The fourth-order valence-corrected chi connectivity index (χ4v) is 1.33. The third-order valence-electron chi connectivity index (χ3n) is 1.39. The number of hydrogen-bond acceptors (Lipinski definition) is 4. The van der Waals surface area contributed by atoms with Crippen molar-refractivity contribution in [2.24, 2.45) is 0 Å². The van der Waals surface area contributed by atoms with Crippen LogP contribution in [0.15, 0.2) is 11.8 Å². The normalized spacial score (nSPS) is 21.9. The van der Waals surface area contributed by atoms with E-state index in [1.165, 1.54) is 16.3 Å². The lowest BCUT2D eigenvalue weighted by molar-refractivity contribution is -0.120. The van der Waals surface area contributed by atoms with Crippen molar-refractivity contribution in [2.45, 2.75) is 0 Å². The predicted octanol–water partition coefficient (Wildman–Crippen LogP) is 0.118. The molecule has 60 valence electrons. The van der Waals surface area contributed by atoms with Gasteiger partial charge in [0, 0.05) is 6.26 Å². The second kappa shape index (κ2) is 2.96. The zero-order valence-electron chi connectivity index (χ0n) is 5.90. The van der Waals surface area contributed by atoms with Gasteiger partial charge < -0.3 is 5.11 Å². The number of aliphatic hydroxyl groups is 1. The Balaban J connectivity index is 2.88. The SMILES string of the molecule is CSN1CC(=O)/C(=C\O)C1=O. The molecule has 0 spiro atoms. The van der Waals surface area contributed by atoms with Crippen molar-refractivity contribution in [3.63, 3.8) is 0 Å². The maximum absolute atomic E-state index is 11.0. The summed E-state index contributed by atoms with van der Waals surface area (Å²) in [5, 5.41) is 8.48. The van der Waals surface area contributed by atoms with E-state index < -0.39 is 5.91 Å². The standard InChI is InChI=1S/C6H7NO3S/c1-11-7-2-5(9)4(3-8)6(7)10/h3,8H,2H2,1H3/b4-3+. The van der Waals surface area contributed by atoms with Crippen LogP contribution in [-0.4, -0.2) is 33.9 Å². The monoisotopic (exact) mass is 173 g/mol. The molecule has 1 fully saturated rings. The van der Waals surface area contributed by atoms with Crippen LogP contribution in [0.25, 0.3) is 0 Å². The van der Waals surface area contributed by atoms with Crippen LogP contribution in [0.4, 0.5) is 0 Å². The fourth-order valence-electron chi connectivity index (χ4n) is 0.816. The Morgan fingerprint density at radius 3 is 2.55 bits per heavy atom. The van der Waals surface area contributed by atoms with Crippen molar-refractivity contribution in [3.05, 3.63) is 11.8 Å². The number of aliphatic hydroxyl groups excluding tert-OH is 1. The molecule has 0 aromatic rings. The molecule has 1 heterocycles. The molecule has 1 aliphatic rings. The van der Waals surface area contributed by atoms with Crippen molar-refractivity contribution in [3.8, 4) is 0 Å². The Morgan fingerprint density at radius 2 is 2.27 bits per heavy atom. The summed E-state index contributed by atoms with van der Waals surface area (Å²) in [7, 11) is 0. The maximum atomic E-state index is 11.0. The quantitative estimate of drug-likeness (QED) is 0.265. The zero-order chi connectivity index (χ0) is 8.43. The van der Waals surface area contributed by atoms with Crippen molar-refractivity contribution in [2.75, 3.05) is 12.8 Å². The van der Waals surface area contributed by atoms with Gasteiger partial charge in [-0.1, -0.05) is 11.9 Å². The van der Waals surface area contributed by atoms with E-state index in [4.69, 9.17) is 5.11 Å². The molecule has 0 bridgehead atoms. The summed E-state index contributed by atoms with van der Waals surface area (Å²) in [5.74, 6) is -0.739. The van der Waals surface area contributed by atoms with Crippen molar-refractivity contribution in [1.29, 1.82) is 0 Å². The largest absolute Gasteiger partial charge is 0.515 e. The number of ketones is 1. The van der Waals surface area contributed by atoms with Gasteiger partial charge in [0.2, 0.25) is 0 Å². The molecule has 0 saturated carbocycles. The average molecular weight is 173 g/mol. The number of carbonyl (C=O) groups excluding carboxylic acids is 2. The lowest BCUT2D eigenvalue weighted by Gasteiger charge is -2.06. The smallest absolute Gasteiger partial charge is 0.270 e. The van der Waals surface area contributed by atoms with Gasteiger partial charge in [0.15, 0.2) is 5.78 Å². The number of Topliss-reactive ketones (excluding diaryl/α,β-unsaturated/α-hetero) is 1. The lowest BCUT2D eigenvalue weighted by Crippen LogP contribution is -2.16. The van der Waals surface area contributed by atoms with Crippen LogP contribution >= 0.6 is 11.9 Å². The van der Waals surface area contributed by atoms with Gasteiger partial charge in [-0.15, -0.1) is 0 Å². The fraction of sp³-hybridized carbons (Fsp3) is 0.333. The summed E-state index contributed by atoms with van der Waals surface area (Å²) in [5.41, 5.74) is -0.126. The van der Waals surface area contributed by atoms with E-state index >= 15 is 0 Å². The first kappa shape index (κ1) is 8.13. The lowest BCUT2D eigenvalue weighted by atomic mass is 10.2. The highest BCUT2D eigenvalue weighted by atomic mass is 32.2. The zero-order valence-corrected chi connectivity index (χ0v) is 6.72. The molecule has 1 saturated heterocycles. The van der Waals surface area contributed by atoms with Crippen LogP contribution in [0, 0.1) is 0 Å². The van der Waals surface area contributed by atoms with E-state index in [-0.39, 0.29) is 17.9 Å². The Morgan fingerprint density at radius 1 is 1.64 bits per heavy atom. The third-order valence-corrected chi connectivity index (χ3v) is 2.13. The summed E-state index contributed by atoms with van der Waals surface area (Å²) < 4.78 is 1.30. The molecule has 5 heteroatoms. The Labute approximate surface area is 68.0 Å². The predicted molar refractivity (Wildman–Crippen MR) is 40.9 cm³/mol. The van der Waals surface area contributed by atoms with Crippen molar-refractivity contribution in [1.82, 2.24) is 4.31 Å².